The lowest BCUT2D eigenvalue weighted by Crippen LogP contribution is -2.36. The molecule has 7 heteroatoms. The summed E-state index contributed by atoms with van der Waals surface area (Å²) < 4.78 is 2.29. The predicted octanol–water partition coefficient (Wildman–Crippen LogP) is -1.34. The van der Waals surface area contributed by atoms with Crippen LogP contribution in [0.3, 0.4) is 0 Å². The van der Waals surface area contributed by atoms with E-state index in [0.29, 0.717) is 5.65 Å². The number of hydrogen-bond acceptors (Lipinski definition) is 3. The summed E-state index contributed by atoms with van der Waals surface area (Å²) in [6.07, 6.45) is 0. The van der Waals surface area contributed by atoms with E-state index < -0.39 is 11.2 Å². The molecule has 2 rings (SSSR count). The molecule has 74 valence electrons. The highest BCUT2D eigenvalue weighted by atomic mass is 35.5. The van der Waals surface area contributed by atoms with Crippen LogP contribution in [-0.4, -0.2) is 19.1 Å². The zero-order valence-corrected chi connectivity index (χ0v) is 8.38. The van der Waals surface area contributed by atoms with Crippen molar-refractivity contribution < 1.29 is 11.6 Å². The highest BCUT2D eigenvalue weighted by molar-refractivity contribution is 5.69. The van der Waals surface area contributed by atoms with Gasteiger partial charge in [0.1, 0.15) is 0 Å². The van der Waals surface area contributed by atoms with E-state index >= 15 is 0 Å². The van der Waals surface area contributed by atoms with Gasteiger partial charge in [-0.05, 0) is 0 Å². The Morgan fingerprint density at radius 3 is 2.57 bits per heavy atom. The predicted molar refractivity (Wildman–Crippen MR) is 47.1 cm³/mol. The summed E-state index contributed by atoms with van der Waals surface area (Å²) in [5, 5.41) is 0.207. The van der Waals surface area contributed by atoms with Crippen LogP contribution in [0, 0.1) is 11.6 Å². The minimum absolute atomic E-state index is 0.207. The largest absolute Gasteiger partial charge is 0.398 e. The molecule has 14 heavy (non-hydrogen) atoms. The van der Waals surface area contributed by atoms with Crippen LogP contribution < -0.4 is 11.2 Å². The standard InChI is InChI=1S/C7H7ClN4O2/c1-11-4-3(9-6(8)10-4)5(13)12(2)7(11)14/h8H,1-2H3/p+1. The number of nitrogens with one attached hydrogen (secondary N) is 1. The number of nitrogens with zero attached hydrogens (tertiary/aromatic N) is 3. The average Bonchev–Trinajstić information content (AvgIpc) is 2.54. The van der Waals surface area contributed by atoms with E-state index in [0.717, 1.165) is 4.57 Å². The first-order valence-electron chi connectivity index (χ1n) is 3.85. The van der Waals surface area contributed by atoms with Gasteiger partial charge in [-0.2, -0.15) is 4.98 Å². The first kappa shape index (κ1) is 9.01. The molecule has 0 aliphatic carbocycles. The zero-order chi connectivity index (χ0) is 10.5. The van der Waals surface area contributed by atoms with Crippen LogP contribution in [0.25, 0.3) is 11.2 Å². The third-order valence-electron chi connectivity index (χ3n) is 2.07. The molecule has 0 aliphatic rings. The van der Waals surface area contributed by atoms with Crippen LogP contribution in [-0.2, 0) is 14.1 Å². The molecule has 0 saturated carbocycles. The van der Waals surface area contributed by atoms with E-state index in [9.17, 15) is 9.59 Å². The fraction of sp³-hybridized carbons (Fsp3) is 0.286. The Bertz CT molecular complexity index is 621. The van der Waals surface area contributed by atoms with Crippen LogP contribution >= 0.6 is 0 Å². The summed E-state index contributed by atoms with van der Waals surface area (Å²) in [4.78, 5) is 29.5. The first-order chi connectivity index (χ1) is 6.52. The highest BCUT2D eigenvalue weighted by Gasteiger charge is 2.14. The number of H-pyrrole nitrogens is 1. The summed E-state index contributed by atoms with van der Waals surface area (Å²) in [7, 11) is 2.95. The van der Waals surface area contributed by atoms with Gasteiger partial charge in [-0.15, -0.1) is 0 Å². The van der Waals surface area contributed by atoms with Crippen LogP contribution in [0.5, 0.6) is 0 Å². The second kappa shape index (κ2) is 2.71. The molecular formula is C7H8ClN4O2+. The maximum Gasteiger partial charge on any atom is 0.398 e. The van der Waals surface area contributed by atoms with Crippen molar-refractivity contribution in [3.63, 3.8) is 0 Å². The molecule has 0 amide bonds. The molecule has 2 aromatic heterocycles. The number of imidazole rings is 1. The van der Waals surface area contributed by atoms with Gasteiger partial charge >= 0.3 is 11.0 Å². The fourth-order valence-corrected chi connectivity index (χ4v) is 1.49. The molecule has 0 bridgehead atoms. The Morgan fingerprint density at radius 1 is 1.29 bits per heavy atom. The van der Waals surface area contributed by atoms with Crippen LogP contribution in [0.1, 0.15) is 0 Å². The number of hydrogen-bond donors (Lipinski definition) is 1. The van der Waals surface area contributed by atoms with Crippen molar-refractivity contribution >= 4 is 11.2 Å². The first-order valence-corrected chi connectivity index (χ1v) is 4.26. The summed E-state index contributed by atoms with van der Waals surface area (Å²) in [5.74, 6) is 0. The van der Waals surface area contributed by atoms with E-state index in [2.05, 4.69) is 9.97 Å². The zero-order valence-electron chi connectivity index (χ0n) is 7.57. The fourth-order valence-electron chi connectivity index (χ4n) is 1.30. The molecule has 0 spiro atoms. The van der Waals surface area contributed by atoms with Crippen molar-refractivity contribution in [1.29, 1.82) is 0 Å². The van der Waals surface area contributed by atoms with E-state index in [1.165, 1.54) is 11.6 Å². The SMILES string of the molecule is Cn1c(=O)c2[nH]c([ClH+])nc2n(C)c1=O. The minimum Gasteiger partial charge on any atom is -0.282 e. The molecule has 0 atom stereocenters. The molecule has 0 fully saturated rings. The Labute approximate surface area is 82.8 Å². The van der Waals surface area contributed by atoms with E-state index in [1.54, 1.807) is 7.05 Å². The lowest BCUT2D eigenvalue weighted by atomic mass is 10.5. The summed E-state index contributed by atoms with van der Waals surface area (Å²) in [5.41, 5.74) is -0.265. The summed E-state index contributed by atoms with van der Waals surface area (Å²) >= 11 is 4.79. The molecule has 0 saturated heterocycles. The molecular weight excluding hydrogens is 208 g/mol. The molecule has 0 aliphatic heterocycles. The van der Waals surface area contributed by atoms with Gasteiger partial charge in [-0.3, -0.25) is 18.9 Å². The number of halogens is 1. The number of fused-ring (bicyclic) bond motifs is 1. The van der Waals surface area contributed by atoms with Gasteiger partial charge in [-0.25, -0.2) is 4.79 Å². The van der Waals surface area contributed by atoms with Gasteiger partial charge in [0.15, 0.2) is 22.8 Å². The second-order valence-corrected chi connectivity index (χ2v) is 3.33. The Morgan fingerprint density at radius 2 is 1.93 bits per heavy atom. The molecule has 0 radical (unpaired) electrons. The molecule has 1 N–H and O–H groups in total. The van der Waals surface area contributed by atoms with Gasteiger partial charge in [0.25, 0.3) is 5.56 Å². The average molecular weight is 216 g/mol. The number of rotatable bonds is 0. The molecule has 0 unspecified atom stereocenters. The van der Waals surface area contributed by atoms with E-state index in [-0.39, 0.29) is 10.8 Å². The monoisotopic (exact) mass is 215 g/mol. The Hall–Kier alpha value is -1.56. The van der Waals surface area contributed by atoms with Gasteiger partial charge in [0.05, 0.1) is 0 Å². The number of aromatic amines is 1. The lowest BCUT2D eigenvalue weighted by molar-refractivity contribution is -0.302. The van der Waals surface area contributed by atoms with Gasteiger partial charge < -0.3 is 0 Å². The van der Waals surface area contributed by atoms with Gasteiger partial charge in [0, 0.05) is 14.1 Å². The van der Waals surface area contributed by atoms with Gasteiger partial charge in [0.2, 0.25) is 0 Å². The second-order valence-electron chi connectivity index (χ2n) is 2.95. The summed E-state index contributed by atoms with van der Waals surface area (Å²) in [6.45, 7) is 0. The van der Waals surface area contributed by atoms with E-state index in [1.807, 2.05) is 0 Å². The van der Waals surface area contributed by atoms with Crippen LogP contribution in [0.4, 0.5) is 0 Å². The maximum absolute atomic E-state index is 11.5. The topological polar surface area (TPSA) is 72.7 Å². The van der Waals surface area contributed by atoms with Crippen molar-refractivity contribution in [1.82, 2.24) is 19.1 Å². The van der Waals surface area contributed by atoms with Gasteiger partial charge in [-0.1, -0.05) is 0 Å². The lowest BCUT2D eigenvalue weighted by Gasteiger charge is -2.00. The van der Waals surface area contributed by atoms with Crippen molar-refractivity contribution in [2.75, 3.05) is 0 Å². The molecule has 6 nitrogen and oxygen atoms in total. The molecule has 0 aromatic carbocycles. The van der Waals surface area contributed by atoms with Crippen LogP contribution in [0.2, 0.25) is 5.28 Å². The maximum atomic E-state index is 11.5. The number of aryl methyl sites for hydroxylation is 1. The third-order valence-corrected chi connectivity index (χ3v) is 2.27. The Balaban J connectivity index is 3.17. The third kappa shape index (κ3) is 1.00. The molecule has 2 aromatic rings. The van der Waals surface area contributed by atoms with Crippen molar-refractivity contribution in [3.8, 4) is 0 Å². The smallest absolute Gasteiger partial charge is 0.282 e. The van der Waals surface area contributed by atoms with Crippen molar-refractivity contribution in [2.24, 2.45) is 14.1 Å². The summed E-state index contributed by atoms with van der Waals surface area (Å²) in [6, 6.07) is 0. The molecule has 2 heterocycles. The quantitative estimate of drug-likeness (QED) is 0.553. The highest BCUT2D eigenvalue weighted by Crippen LogP contribution is 2.03. The van der Waals surface area contributed by atoms with Crippen molar-refractivity contribution in [3.05, 3.63) is 26.1 Å². The van der Waals surface area contributed by atoms with Crippen molar-refractivity contribution in [2.45, 2.75) is 0 Å². The minimum atomic E-state index is -0.413. The normalized spacial score (nSPS) is 11.1. The number of aromatic nitrogens is 4. The van der Waals surface area contributed by atoms with Crippen LogP contribution in [0.15, 0.2) is 9.59 Å². The van der Waals surface area contributed by atoms with E-state index in [4.69, 9.17) is 11.6 Å². The Kier molecular flexibility index (Phi) is 1.75.